The van der Waals surface area contributed by atoms with Gasteiger partial charge in [0, 0.05) is 6.07 Å². The lowest BCUT2D eigenvalue weighted by Gasteiger charge is -2.13. The van der Waals surface area contributed by atoms with Crippen molar-refractivity contribution in [3.8, 4) is 17.2 Å². The molecule has 0 saturated heterocycles. The molecular formula is C16H15NO7. The fourth-order valence-corrected chi connectivity index (χ4v) is 2.07. The van der Waals surface area contributed by atoms with Gasteiger partial charge in [0.1, 0.15) is 22.8 Å². The fourth-order valence-electron chi connectivity index (χ4n) is 2.07. The van der Waals surface area contributed by atoms with Gasteiger partial charge in [0.25, 0.3) is 5.91 Å². The molecule has 2 aromatic carbocycles. The second-order valence-corrected chi connectivity index (χ2v) is 5.01. The Balaban J connectivity index is 2.05. The first-order chi connectivity index (χ1) is 11.3. The molecule has 0 aliphatic rings. The van der Waals surface area contributed by atoms with Crippen molar-refractivity contribution in [2.24, 2.45) is 0 Å². The van der Waals surface area contributed by atoms with Gasteiger partial charge in [-0.15, -0.1) is 0 Å². The topological polar surface area (TPSA) is 136 Å². The lowest BCUT2D eigenvalue weighted by molar-refractivity contribution is -0.139. The number of hydroxylamine groups is 1. The highest BCUT2D eigenvalue weighted by Crippen LogP contribution is 2.27. The standard InChI is InChI=1S/C16H15NO7/c1-8-5-11(19)7-12(20)13(8)16(23)24-17-15(22)14(21)9-3-2-4-10(18)6-9/h2-7,14,18-21H,1H3,(H,17,22). The van der Waals surface area contributed by atoms with Crippen molar-refractivity contribution in [2.45, 2.75) is 13.0 Å². The Labute approximate surface area is 136 Å². The Bertz CT molecular complexity index is 765. The third kappa shape index (κ3) is 3.73. The van der Waals surface area contributed by atoms with Crippen LogP contribution in [0.3, 0.4) is 0 Å². The minimum absolute atomic E-state index is 0.104. The number of nitrogens with one attached hydrogen (secondary N) is 1. The van der Waals surface area contributed by atoms with Crippen molar-refractivity contribution in [2.75, 3.05) is 0 Å². The third-order valence-corrected chi connectivity index (χ3v) is 3.18. The third-order valence-electron chi connectivity index (χ3n) is 3.18. The van der Waals surface area contributed by atoms with Gasteiger partial charge in [-0.1, -0.05) is 12.1 Å². The van der Waals surface area contributed by atoms with E-state index < -0.39 is 23.7 Å². The summed E-state index contributed by atoms with van der Waals surface area (Å²) in [5.74, 6) is -2.99. The first kappa shape index (κ1) is 17.1. The van der Waals surface area contributed by atoms with Gasteiger partial charge in [0.15, 0.2) is 6.10 Å². The molecule has 1 amide bonds. The van der Waals surface area contributed by atoms with Gasteiger partial charge < -0.3 is 25.3 Å². The zero-order valence-corrected chi connectivity index (χ0v) is 12.6. The van der Waals surface area contributed by atoms with Gasteiger partial charge in [0.2, 0.25) is 0 Å². The van der Waals surface area contributed by atoms with Crippen molar-refractivity contribution in [1.82, 2.24) is 5.48 Å². The average Bonchev–Trinajstić information content (AvgIpc) is 2.50. The highest BCUT2D eigenvalue weighted by molar-refractivity contribution is 5.95. The molecule has 2 aromatic rings. The van der Waals surface area contributed by atoms with Gasteiger partial charge in [0.05, 0.1) is 0 Å². The van der Waals surface area contributed by atoms with Crippen LogP contribution < -0.4 is 5.48 Å². The molecule has 0 radical (unpaired) electrons. The number of amides is 1. The van der Waals surface area contributed by atoms with E-state index in [1.807, 2.05) is 0 Å². The number of hydrogen-bond donors (Lipinski definition) is 5. The van der Waals surface area contributed by atoms with Crippen molar-refractivity contribution in [3.63, 3.8) is 0 Å². The predicted molar refractivity (Wildman–Crippen MR) is 81.1 cm³/mol. The van der Waals surface area contributed by atoms with E-state index in [1.165, 1.54) is 37.3 Å². The summed E-state index contributed by atoms with van der Waals surface area (Å²) in [6, 6.07) is 7.58. The van der Waals surface area contributed by atoms with E-state index in [4.69, 9.17) is 0 Å². The number of hydrogen-bond acceptors (Lipinski definition) is 7. The smallest absolute Gasteiger partial charge is 0.366 e. The van der Waals surface area contributed by atoms with Crippen LogP contribution in [0.5, 0.6) is 17.2 Å². The Morgan fingerprint density at radius 3 is 2.42 bits per heavy atom. The first-order valence-corrected chi connectivity index (χ1v) is 6.80. The van der Waals surface area contributed by atoms with Gasteiger partial charge >= 0.3 is 5.97 Å². The van der Waals surface area contributed by atoms with Gasteiger partial charge in [-0.25, -0.2) is 4.79 Å². The number of phenols is 3. The van der Waals surface area contributed by atoms with Gasteiger partial charge in [-0.05, 0) is 36.2 Å². The monoisotopic (exact) mass is 333 g/mol. The summed E-state index contributed by atoms with van der Waals surface area (Å²) in [6.45, 7) is 1.46. The highest BCUT2D eigenvalue weighted by atomic mass is 16.7. The number of benzene rings is 2. The van der Waals surface area contributed by atoms with Gasteiger partial charge in [-0.2, -0.15) is 5.48 Å². The molecular weight excluding hydrogens is 318 g/mol. The lowest BCUT2D eigenvalue weighted by atomic mass is 10.1. The van der Waals surface area contributed by atoms with Crippen molar-refractivity contribution in [1.29, 1.82) is 0 Å². The molecule has 0 fully saturated rings. The second-order valence-electron chi connectivity index (χ2n) is 5.01. The second kappa shape index (κ2) is 6.88. The van der Waals surface area contributed by atoms with Crippen LogP contribution in [0.4, 0.5) is 0 Å². The number of carbonyl (C=O) groups excluding carboxylic acids is 2. The van der Waals surface area contributed by atoms with Crippen LogP contribution in [0.1, 0.15) is 27.6 Å². The van der Waals surface area contributed by atoms with E-state index in [-0.39, 0.29) is 28.2 Å². The van der Waals surface area contributed by atoms with Gasteiger partial charge in [-0.3, -0.25) is 4.79 Å². The summed E-state index contributed by atoms with van der Waals surface area (Å²) in [5.41, 5.74) is 1.88. The summed E-state index contributed by atoms with van der Waals surface area (Å²) in [7, 11) is 0. The molecule has 24 heavy (non-hydrogen) atoms. The Morgan fingerprint density at radius 1 is 1.08 bits per heavy atom. The van der Waals surface area contributed by atoms with E-state index in [1.54, 1.807) is 5.48 Å². The first-order valence-electron chi connectivity index (χ1n) is 6.80. The quantitative estimate of drug-likeness (QED) is 0.529. The minimum Gasteiger partial charge on any atom is -0.508 e. The Morgan fingerprint density at radius 2 is 1.79 bits per heavy atom. The number of rotatable bonds is 3. The number of carbonyl (C=O) groups is 2. The van der Waals surface area contributed by atoms with E-state index in [2.05, 4.69) is 4.84 Å². The van der Waals surface area contributed by atoms with E-state index in [0.29, 0.717) is 0 Å². The molecule has 1 unspecified atom stereocenters. The summed E-state index contributed by atoms with van der Waals surface area (Å²) >= 11 is 0. The zero-order valence-electron chi connectivity index (χ0n) is 12.6. The number of aryl methyl sites for hydroxylation is 1. The molecule has 0 aromatic heterocycles. The van der Waals surface area contributed by atoms with Crippen LogP contribution in [-0.4, -0.2) is 32.3 Å². The minimum atomic E-state index is -1.67. The van der Waals surface area contributed by atoms with Crippen molar-refractivity contribution < 1.29 is 34.9 Å². The lowest BCUT2D eigenvalue weighted by Crippen LogP contribution is -2.32. The normalized spacial score (nSPS) is 11.6. The molecule has 8 nitrogen and oxygen atoms in total. The highest BCUT2D eigenvalue weighted by Gasteiger charge is 2.22. The summed E-state index contributed by atoms with van der Waals surface area (Å²) in [6.07, 6.45) is -1.67. The molecule has 126 valence electrons. The summed E-state index contributed by atoms with van der Waals surface area (Å²) in [4.78, 5) is 28.3. The predicted octanol–water partition coefficient (Wildman–Crippen LogP) is 1.03. The molecule has 0 aliphatic carbocycles. The van der Waals surface area contributed by atoms with Crippen LogP contribution in [-0.2, 0) is 9.63 Å². The number of aromatic hydroxyl groups is 3. The average molecular weight is 333 g/mol. The van der Waals surface area contributed by atoms with Crippen LogP contribution in [0, 0.1) is 6.92 Å². The Hall–Kier alpha value is -3.26. The maximum atomic E-state index is 11.9. The van der Waals surface area contributed by atoms with Crippen LogP contribution in [0.15, 0.2) is 36.4 Å². The summed E-state index contributed by atoms with van der Waals surface area (Å²) < 4.78 is 0. The Kier molecular flexibility index (Phi) is 4.90. The van der Waals surface area contributed by atoms with Crippen LogP contribution in [0.25, 0.3) is 0 Å². The molecule has 0 aliphatic heterocycles. The zero-order chi connectivity index (χ0) is 17.9. The van der Waals surface area contributed by atoms with E-state index in [0.717, 1.165) is 6.07 Å². The molecule has 2 rings (SSSR count). The molecule has 0 spiro atoms. The molecule has 8 heteroatoms. The number of phenolic OH excluding ortho intramolecular Hbond substituents is 3. The summed E-state index contributed by atoms with van der Waals surface area (Å²) in [5, 5.41) is 38.1. The molecule has 0 heterocycles. The molecule has 0 bridgehead atoms. The largest absolute Gasteiger partial charge is 0.508 e. The SMILES string of the molecule is Cc1cc(O)cc(O)c1C(=O)ONC(=O)C(O)c1cccc(O)c1. The van der Waals surface area contributed by atoms with Crippen LogP contribution >= 0.6 is 0 Å². The molecule has 5 N–H and O–H groups in total. The van der Waals surface area contributed by atoms with Crippen molar-refractivity contribution in [3.05, 3.63) is 53.1 Å². The number of aliphatic hydroxyl groups is 1. The maximum absolute atomic E-state index is 11.9. The number of aliphatic hydroxyl groups excluding tert-OH is 1. The van der Waals surface area contributed by atoms with E-state index in [9.17, 15) is 30.0 Å². The van der Waals surface area contributed by atoms with Crippen LogP contribution in [0.2, 0.25) is 0 Å². The van der Waals surface area contributed by atoms with Crippen molar-refractivity contribution >= 4 is 11.9 Å². The molecule has 0 saturated carbocycles. The van der Waals surface area contributed by atoms with E-state index >= 15 is 0 Å². The fraction of sp³-hybridized carbons (Fsp3) is 0.125. The maximum Gasteiger partial charge on any atom is 0.366 e. The molecule has 1 atom stereocenters.